The normalized spacial score (nSPS) is 10.9. The first kappa shape index (κ1) is 20.3. The lowest BCUT2D eigenvalue weighted by atomic mass is 9.95. The fourth-order valence-corrected chi connectivity index (χ4v) is 3.29. The Bertz CT molecular complexity index is 1140. The molecule has 1 heterocycles. The fraction of sp³-hybridized carbons (Fsp3) is 0.261. The Morgan fingerprint density at radius 1 is 1.14 bits per heavy atom. The highest BCUT2D eigenvalue weighted by atomic mass is 16.5. The fourth-order valence-electron chi connectivity index (χ4n) is 3.29. The standard InChI is InChI=1S/C23H23NO5/c1-13(2)19-11-20-17(10-22(26)29-21(20)8-14(19)3)12-28-23(27)16-6-5-7-18(9-16)24-15(4)25/h5-11,13H,12H2,1-4H3,(H,24,25). The second-order valence-electron chi connectivity index (χ2n) is 7.29. The number of anilines is 1. The zero-order chi connectivity index (χ0) is 21.1. The molecule has 150 valence electrons. The van der Waals surface area contributed by atoms with Crippen LogP contribution < -0.4 is 10.9 Å². The Balaban J connectivity index is 1.88. The molecule has 0 aliphatic rings. The smallest absolute Gasteiger partial charge is 0.338 e. The van der Waals surface area contributed by atoms with Crippen molar-refractivity contribution in [3.8, 4) is 0 Å². The number of hydrogen-bond donors (Lipinski definition) is 1. The predicted molar refractivity (Wildman–Crippen MR) is 111 cm³/mol. The van der Waals surface area contributed by atoms with Crippen LogP contribution in [-0.4, -0.2) is 11.9 Å². The summed E-state index contributed by atoms with van der Waals surface area (Å²) in [5.41, 5.74) is 3.56. The maximum absolute atomic E-state index is 12.5. The first-order valence-corrected chi connectivity index (χ1v) is 9.36. The number of benzene rings is 2. The van der Waals surface area contributed by atoms with Gasteiger partial charge in [-0.05, 0) is 54.3 Å². The van der Waals surface area contributed by atoms with Gasteiger partial charge in [0.15, 0.2) is 0 Å². The van der Waals surface area contributed by atoms with Gasteiger partial charge in [0.05, 0.1) is 5.56 Å². The zero-order valence-electron chi connectivity index (χ0n) is 16.9. The van der Waals surface area contributed by atoms with Crippen molar-refractivity contribution in [2.45, 2.75) is 40.2 Å². The van der Waals surface area contributed by atoms with Crippen molar-refractivity contribution >= 4 is 28.5 Å². The van der Waals surface area contributed by atoms with Crippen molar-refractivity contribution in [1.82, 2.24) is 0 Å². The van der Waals surface area contributed by atoms with E-state index >= 15 is 0 Å². The summed E-state index contributed by atoms with van der Waals surface area (Å²) in [5.74, 6) is -0.470. The summed E-state index contributed by atoms with van der Waals surface area (Å²) >= 11 is 0. The lowest BCUT2D eigenvalue weighted by Gasteiger charge is -2.13. The molecule has 0 aliphatic carbocycles. The van der Waals surface area contributed by atoms with Crippen molar-refractivity contribution in [3.05, 3.63) is 75.1 Å². The van der Waals surface area contributed by atoms with E-state index in [1.165, 1.54) is 13.0 Å². The third-order valence-corrected chi connectivity index (χ3v) is 4.62. The van der Waals surface area contributed by atoms with Crippen LogP contribution in [0.15, 0.2) is 51.7 Å². The van der Waals surface area contributed by atoms with Gasteiger partial charge in [-0.2, -0.15) is 0 Å². The summed E-state index contributed by atoms with van der Waals surface area (Å²) < 4.78 is 10.8. The molecule has 0 saturated carbocycles. The third kappa shape index (κ3) is 4.71. The van der Waals surface area contributed by atoms with Gasteiger partial charge in [0, 0.05) is 29.6 Å². The van der Waals surface area contributed by atoms with Gasteiger partial charge in [0.1, 0.15) is 12.2 Å². The number of fused-ring (bicyclic) bond motifs is 1. The van der Waals surface area contributed by atoms with Crippen molar-refractivity contribution < 1.29 is 18.7 Å². The minimum absolute atomic E-state index is 0.0636. The van der Waals surface area contributed by atoms with Gasteiger partial charge in [-0.1, -0.05) is 19.9 Å². The van der Waals surface area contributed by atoms with Crippen LogP contribution in [0.4, 0.5) is 5.69 Å². The molecule has 1 N–H and O–H groups in total. The molecular formula is C23H23NO5. The number of aryl methyl sites for hydroxylation is 1. The van der Waals surface area contributed by atoms with E-state index in [1.807, 2.05) is 19.1 Å². The molecule has 0 saturated heterocycles. The van der Waals surface area contributed by atoms with Gasteiger partial charge in [-0.25, -0.2) is 9.59 Å². The molecule has 3 rings (SSSR count). The molecule has 0 fully saturated rings. The highest BCUT2D eigenvalue weighted by Crippen LogP contribution is 2.27. The number of hydrogen-bond acceptors (Lipinski definition) is 5. The lowest BCUT2D eigenvalue weighted by molar-refractivity contribution is -0.114. The number of rotatable bonds is 5. The number of carbonyl (C=O) groups excluding carboxylic acids is 2. The van der Waals surface area contributed by atoms with E-state index in [1.54, 1.807) is 24.3 Å². The molecule has 0 aliphatic heterocycles. The van der Waals surface area contributed by atoms with Gasteiger partial charge in [0.2, 0.25) is 5.91 Å². The largest absolute Gasteiger partial charge is 0.457 e. The molecule has 0 unspecified atom stereocenters. The molecule has 1 amide bonds. The maximum atomic E-state index is 12.5. The number of nitrogens with one attached hydrogen (secondary N) is 1. The summed E-state index contributed by atoms with van der Waals surface area (Å²) in [4.78, 5) is 35.6. The van der Waals surface area contributed by atoms with Crippen molar-refractivity contribution in [2.75, 3.05) is 5.32 Å². The SMILES string of the molecule is CC(=O)Nc1cccc(C(=O)OCc2cc(=O)oc3cc(C)c(C(C)C)cc23)c1. The van der Waals surface area contributed by atoms with E-state index in [2.05, 4.69) is 19.2 Å². The molecule has 0 radical (unpaired) electrons. The Morgan fingerprint density at radius 3 is 2.59 bits per heavy atom. The summed E-state index contributed by atoms with van der Waals surface area (Å²) in [6.07, 6.45) is 0. The van der Waals surface area contributed by atoms with Gasteiger partial charge in [-0.3, -0.25) is 4.79 Å². The van der Waals surface area contributed by atoms with E-state index < -0.39 is 11.6 Å². The lowest BCUT2D eigenvalue weighted by Crippen LogP contribution is -2.10. The molecule has 29 heavy (non-hydrogen) atoms. The second kappa shape index (κ2) is 8.31. The van der Waals surface area contributed by atoms with Crippen LogP contribution in [0.2, 0.25) is 0 Å². The Hall–Kier alpha value is -3.41. The first-order chi connectivity index (χ1) is 13.7. The molecule has 6 heteroatoms. The van der Waals surface area contributed by atoms with Gasteiger partial charge < -0.3 is 14.5 Å². The Morgan fingerprint density at radius 2 is 1.90 bits per heavy atom. The van der Waals surface area contributed by atoms with E-state index in [9.17, 15) is 14.4 Å². The molecule has 6 nitrogen and oxygen atoms in total. The summed E-state index contributed by atoms with van der Waals surface area (Å²) in [6, 6.07) is 11.7. The highest BCUT2D eigenvalue weighted by molar-refractivity contribution is 5.93. The molecular weight excluding hydrogens is 370 g/mol. The second-order valence-corrected chi connectivity index (χ2v) is 7.29. The van der Waals surface area contributed by atoms with Crippen molar-refractivity contribution in [3.63, 3.8) is 0 Å². The van der Waals surface area contributed by atoms with E-state index in [0.717, 1.165) is 16.5 Å². The molecule has 1 aromatic heterocycles. The summed E-state index contributed by atoms with van der Waals surface area (Å²) in [5, 5.41) is 3.38. The molecule has 3 aromatic rings. The average molecular weight is 393 g/mol. The molecule has 0 atom stereocenters. The minimum atomic E-state index is -0.546. The Labute approximate surface area is 168 Å². The number of ether oxygens (including phenoxy) is 1. The summed E-state index contributed by atoms with van der Waals surface area (Å²) in [7, 11) is 0. The van der Waals surface area contributed by atoms with Gasteiger partial charge in [0.25, 0.3) is 0 Å². The highest BCUT2D eigenvalue weighted by Gasteiger charge is 2.14. The maximum Gasteiger partial charge on any atom is 0.338 e. The molecule has 2 aromatic carbocycles. The Kier molecular flexibility index (Phi) is 5.82. The van der Waals surface area contributed by atoms with Crippen LogP contribution in [-0.2, 0) is 16.1 Å². The minimum Gasteiger partial charge on any atom is -0.457 e. The molecule has 0 spiro atoms. The number of amides is 1. The van der Waals surface area contributed by atoms with Crippen LogP contribution in [0.1, 0.15) is 53.7 Å². The van der Waals surface area contributed by atoms with E-state index in [0.29, 0.717) is 28.3 Å². The number of esters is 1. The van der Waals surface area contributed by atoms with Crippen molar-refractivity contribution in [2.24, 2.45) is 0 Å². The van der Waals surface area contributed by atoms with Crippen LogP contribution in [0.5, 0.6) is 0 Å². The average Bonchev–Trinajstić information content (AvgIpc) is 2.64. The van der Waals surface area contributed by atoms with Gasteiger partial charge in [-0.15, -0.1) is 0 Å². The van der Waals surface area contributed by atoms with Crippen LogP contribution in [0.25, 0.3) is 11.0 Å². The topological polar surface area (TPSA) is 85.6 Å². The number of carbonyl (C=O) groups is 2. The van der Waals surface area contributed by atoms with Crippen LogP contribution in [0.3, 0.4) is 0 Å². The molecule has 0 bridgehead atoms. The van der Waals surface area contributed by atoms with Gasteiger partial charge >= 0.3 is 11.6 Å². The van der Waals surface area contributed by atoms with Crippen LogP contribution >= 0.6 is 0 Å². The summed E-state index contributed by atoms with van der Waals surface area (Å²) in [6.45, 7) is 7.49. The zero-order valence-corrected chi connectivity index (χ0v) is 16.9. The third-order valence-electron chi connectivity index (χ3n) is 4.62. The van der Waals surface area contributed by atoms with Crippen LogP contribution in [0, 0.1) is 6.92 Å². The van der Waals surface area contributed by atoms with E-state index in [-0.39, 0.29) is 12.5 Å². The monoisotopic (exact) mass is 393 g/mol. The quantitative estimate of drug-likeness (QED) is 0.508. The predicted octanol–water partition coefficient (Wildman–Crippen LogP) is 4.54. The first-order valence-electron chi connectivity index (χ1n) is 9.36. The van der Waals surface area contributed by atoms with Crippen molar-refractivity contribution in [1.29, 1.82) is 0 Å². The van der Waals surface area contributed by atoms with E-state index in [4.69, 9.17) is 9.15 Å².